The molecule has 1 aliphatic carbocycles. The summed E-state index contributed by atoms with van der Waals surface area (Å²) in [5, 5.41) is 11.6. The Kier molecular flexibility index (Phi) is 2.93. The summed E-state index contributed by atoms with van der Waals surface area (Å²) in [6.45, 7) is -0.258. The minimum Gasteiger partial charge on any atom is -0.328 e. The second-order valence-electron chi connectivity index (χ2n) is 5.38. The number of carbonyl (C=O) groups excluding carboxylic acids is 3. The number of benzene rings is 1. The summed E-state index contributed by atoms with van der Waals surface area (Å²) in [4.78, 5) is 41.2. The molecule has 1 aliphatic heterocycles. The normalized spacial score (nSPS) is 16.6. The lowest BCUT2D eigenvalue weighted by Crippen LogP contribution is -2.34. The van der Waals surface area contributed by atoms with E-state index in [4.69, 9.17) is 4.84 Å². The van der Waals surface area contributed by atoms with Gasteiger partial charge >= 0.3 is 5.97 Å². The number of hydrogen-bond donors (Lipinski definition) is 0. The van der Waals surface area contributed by atoms with Gasteiger partial charge in [-0.2, -0.15) is 0 Å². The fourth-order valence-electron chi connectivity index (χ4n) is 2.46. The monoisotopic (exact) mass is 313 g/mol. The summed E-state index contributed by atoms with van der Waals surface area (Å²) in [6.07, 6.45) is 1.96. The van der Waals surface area contributed by atoms with Gasteiger partial charge in [0.25, 0.3) is 11.8 Å². The summed E-state index contributed by atoms with van der Waals surface area (Å²) in [5.41, 5.74) is 0.429. The molecule has 9 heteroatoms. The van der Waals surface area contributed by atoms with Crippen LogP contribution in [0.1, 0.15) is 45.3 Å². The molecule has 2 amide bonds. The number of tetrazole rings is 1. The van der Waals surface area contributed by atoms with Gasteiger partial charge in [0.2, 0.25) is 0 Å². The number of rotatable bonds is 4. The van der Waals surface area contributed by atoms with E-state index in [1.165, 1.54) is 16.8 Å². The number of imide groups is 1. The zero-order valence-electron chi connectivity index (χ0n) is 11.9. The Hall–Kier alpha value is -3.10. The van der Waals surface area contributed by atoms with Crippen LogP contribution in [-0.2, 0) is 16.2 Å². The van der Waals surface area contributed by atoms with Crippen molar-refractivity contribution in [2.24, 2.45) is 0 Å². The first-order valence-electron chi connectivity index (χ1n) is 7.10. The van der Waals surface area contributed by atoms with E-state index in [0.717, 1.165) is 12.8 Å². The van der Waals surface area contributed by atoms with Gasteiger partial charge in [0.1, 0.15) is 6.54 Å². The highest BCUT2D eigenvalue weighted by Gasteiger charge is 2.39. The Bertz CT molecular complexity index is 791. The predicted molar refractivity (Wildman–Crippen MR) is 72.8 cm³/mol. The van der Waals surface area contributed by atoms with Crippen molar-refractivity contribution in [3.8, 4) is 0 Å². The molecular formula is C14H11N5O4. The van der Waals surface area contributed by atoms with Gasteiger partial charge < -0.3 is 4.84 Å². The van der Waals surface area contributed by atoms with Gasteiger partial charge in [-0.05, 0) is 35.4 Å². The molecule has 1 aromatic carbocycles. The van der Waals surface area contributed by atoms with Crippen LogP contribution in [0, 0.1) is 0 Å². The minimum atomic E-state index is -0.784. The molecule has 0 N–H and O–H groups in total. The van der Waals surface area contributed by atoms with E-state index in [1.54, 1.807) is 12.1 Å². The first-order valence-corrected chi connectivity index (χ1v) is 7.10. The average molecular weight is 313 g/mol. The number of fused-ring (bicyclic) bond motifs is 1. The smallest absolute Gasteiger partial charge is 0.328 e. The second kappa shape index (κ2) is 4.97. The Morgan fingerprint density at radius 1 is 1.17 bits per heavy atom. The lowest BCUT2D eigenvalue weighted by Gasteiger charge is -2.12. The van der Waals surface area contributed by atoms with E-state index in [0.29, 0.717) is 10.9 Å². The van der Waals surface area contributed by atoms with Crippen molar-refractivity contribution in [1.29, 1.82) is 0 Å². The number of hydrogen-bond acceptors (Lipinski definition) is 7. The molecule has 2 heterocycles. The predicted octanol–water partition coefficient (Wildman–Crippen LogP) is 0.305. The molecule has 116 valence electrons. The van der Waals surface area contributed by atoms with Crippen molar-refractivity contribution in [2.75, 3.05) is 0 Å². The summed E-state index contributed by atoms with van der Waals surface area (Å²) in [5.74, 6) is -1.22. The molecule has 23 heavy (non-hydrogen) atoms. The zero-order chi connectivity index (χ0) is 16.0. The molecule has 2 aliphatic rings. The molecule has 1 aromatic heterocycles. The van der Waals surface area contributed by atoms with E-state index < -0.39 is 17.8 Å². The SMILES string of the molecule is O=C(Cn1nnnc1C1CC1)ON1C(=O)c2ccccc2C1=O. The molecule has 1 fully saturated rings. The summed E-state index contributed by atoms with van der Waals surface area (Å²) >= 11 is 0. The van der Waals surface area contributed by atoms with Gasteiger partial charge in [-0.1, -0.05) is 17.2 Å². The average Bonchev–Trinajstić information content (AvgIpc) is 3.26. The Labute approximate surface area is 129 Å². The standard InChI is InChI=1S/C14H11N5O4/c20-11(7-18-12(8-5-6-8)15-16-17-18)23-19-13(21)9-3-1-2-4-10(9)14(19)22/h1-4,8H,5-7H2. The molecule has 0 bridgehead atoms. The molecule has 2 aromatic rings. The Morgan fingerprint density at radius 2 is 1.83 bits per heavy atom. The highest BCUT2D eigenvalue weighted by Crippen LogP contribution is 2.38. The molecule has 0 unspecified atom stereocenters. The van der Waals surface area contributed by atoms with E-state index >= 15 is 0 Å². The molecular weight excluding hydrogens is 302 g/mol. The van der Waals surface area contributed by atoms with Crippen LogP contribution in [0.3, 0.4) is 0 Å². The van der Waals surface area contributed by atoms with Gasteiger partial charge in [0, 0.05) is 5.92 Å². The maximum Gasteiger partial charge on any atom is 0.354 e. The molecule has 0 saturated heterocycles. The number of hydroxylamine groups is 2. The van der Waals surface area contributed by atoms with Crippen molar-refractivity contribution in [3.05, 3.63) is 41.2 Å². The molecule has 0 spiro atoms. The van der Waals surface area contributed by atoms with Crippen molar-refractivity contribution in [3.63, 3.8) is 0 Å². The van der Waals surface area contributed by atoms with Gasteiger partial charge in [0.05, 0.1) is 11.1 Å². The molecule has 1 saturated carbocycles. The highest BCUT2D eigenvalue weighted by atomic mass is 16.7. The van der Waals surface area contributed by atoms with Crippen LogP contribution in [0.25, 0.3) is 0 Å². The topological polar surface area (TPSA) is 107 Å². The number of aromatic nitrogens is 4. The largest absolute Gasteiger partial charge is 0.354 e. The van der Waals surface area contributed by atoms with Gasteiger partial charge in [0.15, 0.2) is 5.82 Å². The van der Waals surface area contributed by atoms with Crippen LogP contribution in [0.15, 0.2) is 24.3 Å². The second-order valence-corrected chi connectivity index (χ2v) is 5.38. The first-order chi connectivity index (χ1) is 11.1. The van der Waals surface area contributed by atoms with Crippen LogP contribution in [-0.4, -0.2) is 43.1 Å². The number of carbonyl (C=O) groups is 3. The summed E-state index contributed by atoms with van der Waals surface area (Å²) < 4.78 is 1.33. The molecule has 9 nitrogen and oxygen atoms in total. The lowest BCUT2D eigenvalue weighted by atomic mass is 10.1. The van der Waals surface area contributed by atoms with E-state index in [1.807, 2.05) is 0 Å². The third kappa shape index (κ3) is 2.26. The van der Waals surface area contributed by atoms with E-state index in [2.05, 4.69) is 15.5 Å². The Morgan fingerprint density at radius 3 is 2.43 bits per heavy atom. The fraction of sp³-hybridized carbons (Fsp3) is 0.286. The quantitative estimate of drug-likeness (QED) is 0.747. The summed E-state index contributed by atoms with van der Waals surface area (Å²) in [7, 11) is 0. The first kappa shape index (κ1) is 13.6. The highest BCUT2D eigenvalue weighted by molar-refractivity contribution is 6.20. The van der Waals surface area contributed by atoms with Crippen molar-refractivity contribution in [2.45, 2.75) is 25.3 Å². The van der Waals surface area contributed by atoms with Crippen molar-refractivity contribution < 1.29 is 19.2 Å². The van der Waals surface area contributed by atoms with Gasteiger partial charge in [-0.25, -0.2) is 9.48 Å². The maximum atomic E-state index is 12.1. The van der Waals surface area contributed by atoms with Crippen LogP contribution < -0.4 is 0 Å². The van der Waals surface area contributed by atoms with Gasteiger partial charge in [-0.3, -0.25) is 9.59 Å². The third-order valence-corrected chi connectivity index (χ3v) is 3.73. The Balaban J connectivity index is 1.48. The van der Waals surface area contributed by atoms with E-state index in [-0.39, 0.29) is 23.6 Å². The maximum absolute atomic E-state index is 12.1. The van der Waals surface area contributed by atoms with Gasteiger partial charge in [-0.15, -0.1) is 5.10 Å². The van der Waals surface area contributed by atoms with Crippen LogP contribution >= 0.6 is 0 Å². The summed E-state index contributed by atoms with van der Waals surface area (Å²) in [6, 6.07) is 6.29. The van der Waals surface area contributed by atoms with Crippen LogP contribution in [0.5, 0.6) is 0 Å². The fourth-order valence-corrected chi connectivity index (χ4v) is 2.46. The molecule has 0 atom stereocenters. The minimum absolute atomic E-state index is 0.214. The number of amides is 2. The number of nitrogens with zero attached hydrogens (tertiary/aromatic N) is 5. The molecule has 0 radical (unpaired) electrons. The lowest BCUT2D eigenvalue weighted by molar-refractivity contribution is -0.169. The zero-order valence-corrected chi connectivity index (χ0v) is 11.9. The van der Waals surface area contributed by atoms with Crippen LogP contribution in [0.2, 0.25) is 0 Å². The van der Waals surface area contributed by atoms with Crippen LogP contribution in [0.4, 0.5) is 0 Å². The van der Waals surface area contributed by atoms with Crippen molar-refractivity contribution >= 4 is 17.8 Å². The van der Waals surface area contributed by atoms with E-state index in [9.17, 15) is 14.4 Å². The molecule has 4 rings (SSSR count). The van der Waals surface area contributed by atoms with Crippen molar-refractivity contribution in [1.82, 2.24) is 25.3 Å². The third-order valence-electron chi connectivity index (χ3n) is 3.73.